The molecule has 8 heteroatoms. The zero-order valence-corrected chi connectivity index (χ0v) is 13.3. The Morgan fingerprint density at radius 2 is 1.85 bits per heavy atom. The van der Waals surface area contributed by atoms with Gasteiger partial charge in [-0.15, -0.1) is 0 Å². The minimum absolute atomic E-state index is 0.0258. The molecule has 1 aromatic heterocycles. The molecule has 3 aromatic rings. The van der Waals surface area contributed by atoms with E-state index in [0.717, 1.165) is 17.8 Å². The second-order valence-corrected chi connectivity index (χ2v) is 5.17. The average Bonchev–Trinajstić information content (AvgIpc) is 2.61. The lowest BCUT2D eigenvalue weighted by Crippen LogP contribution is -2.06. The standard InChI is InChI=1S/C18H12F2N6/c19-13-7-6-11(15(20)9-13)8-12(10-21)16-24-17(22)26-18(25-16)23-14-4-2-1-3-5-14/h1-9H,(H3,22,23,24,25,26). The van der Waals surface area contributed by atoms with Gasteiger partial charge in [0.2, 0.25) is 11.9 Å². The molecule has 0 saturated heterocycles. The minimum Gasteiger partial charge on any atom is -0.368 e. The first-order chi connectivity index (χ1) is 12.5. The third kappa shape index (κ3) is 3.96. The zero-order valence-electron chi connectivity index (χ0n) is 13.3. The quantitative estimate of drug-likeness (QED) is 0.698. The minimum atomic E-state index is -0.803. The van der Waals surface area contributed by atoms with E-state index in [1.165, 1.54) is 12.1 Å². The number of para-hydroxylation sites is 1. The first-order valence-corrected chi connectivity index (χ1v) is 7.46. The molecule has 0 spiro atoms. The first kappa shape index (κ1) is 17.0. The van der Waals surface area contributed by atoms with E-state index in [0.29, 0.717) is 0 Å². The number of nitrogens with two attached hydrogens (primary N) is 1. The molecular weight excluding hydrogens is 338 g/mol. The molecule has 6 nitrogen and oxygen atoms in total. The van der Waals surface area contributed by atoms with Crippen LogP contribution in [0.25, 0.3) is 11.6 Å². The lowest BCUT2D eigenvalue weighted by molar-refractivity contribution is 0.581. The number of nitriles is 1. The van der Waals surface area contributed by atoms with Crippen LogP contribution in [0, 0.1) is 23.0 Å². The molecule has 2 aromatic carbocycles. The summed E-state index contributed by atoms with van der Waals surface area (Å²) in [6.07, 6.45) is 1.22. The summed E-state index contributed by atoms with van der Waals surface area (Å²) in [6.45, 7) is 0. The second-order valence-electron chi connectivity index (χ2n) is 5.17. The molecule has 26 heavy (non-hydrogen) atoms. The zero-order chi connectivity index (χ0) is 18.5. The van der Waals surface area contributed by atoms with Crippen molar-refractivity contribution in [2.45, 2.75) is 0 Å². The van der Waals surface area contributed by atoms with Crippen LogP contribution in [0.3, 0.4) is 0 Å². The maximum Gasteiger partial charge on any atom is 0.232 e. The fourth-order valence-electron chi connectivity index (χ4n) is 2.14. The van der Waals surface area contributed by atoms with Gasteiger partial charge in [-0.3, -0.25) is 0 Å². The van der Waals surface area contributed by atoms with Crippen LogP contribution in [0.1, 0.15) is 11.4 Å². The summed E-state index contributed by atoms with van der Waals surface area (Å²) in [5, 5.41) is 12.3. The Kier molecular flexibility index (Phi) is 4.80. The first-order valence-electron chi connectivity index (χ1n) is 7.46. The Hall–Kier alpha value is -3.86. The van der Waals surface area contributed by atoms with E-state index in [9.17, 15) is 14.0 Å². The van der Waals surface area contributed by atoms with E-state index in [-0.39, 0.29) is 28.9 Å². The summed E-state index contributed by atoms with van der Waals surface area (Å²) in [4.78, 5) is 12.0. The number of hydrogen-bond donors (Lipinski definition) is 2. The lowest BCUT2D eigenvalue weighted by atomic mass is 10.1. The average molecular weight is 350 g/mol. The molecule has 3 rings (SSSR count). The number of nitrogens with one attached hydrogen (secondary N) is 1. The normalized spacial score (nSPS) is 11.0. The summed E-state index contributed by atoms with van der Waals surface area (Å²) in [7, 11) is 0. The molecule has 0 aliphatic heterocycles. The predicted molar refractivity (Wildman–Crippen MR) is 93.8 cm³/mol. The van der Waals surface area contributed by atoms with Gasteiger partial charge in [0.1, 0.15) is 17.7 Å². The monoisotopic (exact) mass is 350 g/mol. The Morgan fingerprint density at radius 1 is 1.08 bits per heavy atom. The Morgan fingerprint density at radius 3 is 2.54 bits per heavy atom. The fourth-order valence-corrected chi connectivity index (χ4v) is 2.14. The van der Waals surface area contributed by atoms with Crippen LogP contribution in [0.2, 0.25) is 0 Å². The van der Waals surface area contributed by atoms with Gasteiger partial charge < -0.3 is 11.1 Å². The highest BCUT2D eigenvalue weighted by atomic mass is 19.1. The second kappa shape index (κ2) is 7.36. The Balaban J connectivity index is 1.98. The smallest absolute Gasteiger partial charge is 0.232 e. The molecule has 0 amide bonds. The SMILES string of the molecule is N#CC(=Cc1ccc(F)cc1F)c1nc(N)nc(Nc2ccccc2)n1. The molecule has 1 heterocycles. The van der Waals surface area contributed by atoms with Gasteiger partial charge in [0, 0.05) is 17.3 Å². The van der Waals surface area contributed by atoms with Crippen LogP contribution >= 0.6 is 0 Å². The predicted octanol–water partition coefficient (Wildman–Crippen LogP) is 3.54. The largest absolute Gasteiger partial charge is 0.368 e. The van der Waals surface area contributed by atoms with Gasteiger partial charge in [-0.1, -0.05) is 18.2 Å². The molecule has 3 N–H and O–H groups in total. The highest BCUT2D eigenvalue weighted by molar-refractivity contribution is 5.87. The van der Waals surface area contributed by atoms with Gasteiger partial charge in [0.25, 0.3) is 0 Å². The summed E-state index contributed by atoms with van der Waals surface area (Å²) in [6, 6.07) is 14.0. The third-order valence-corrected chi connectivity index (χ3v) is 3.31. The van der Waals surface area contributed by atoms with Crippen LogP contribution in [-0.4, -0.2) is 15.0 Å². The number of hydrogen-bond acceptors (Lipinski definition) is 6. The van der Waals surface area contributed by atoms with Crippen molar-refractivity contribution in [1.29, 1.82) is 5.26 Å². The van der Waals surface area contributed by atoms with Crippen LogP contribution in [0.5, 0.6) is 0 Å². The van der Waals surface area contributed by atoms with E-state index < -0.39 is 11.6 Å². The fraction of sp³-hybridized carbons (Fsp3) is 0. The van der Waals surface area contributed by atoms with Crippen LogP contribution in [-0.2, 0) is 0 Å². The van der Waals surface area contributed by atoms with Crippen molar-refractivity contribution in [2.24, 2.45) is 0 Å². The molecule has 0 aliphatic rings. The topological polar surface area (TPSA) is 101 Å². The highest BCUT2D eigenvalue weighted by Gasteiger charge is 2.11. The number of allylic oxidation sites excluding steroid dienone is 1. The summed E-state index contributed by atoms with van der Waals surface area (Å²) in [5.74, 6) is -1.50. The van der Waals surface area contributed by atoms with E-state index in [4.69, 9.17) is 5.73 Å². The van der Waals surface area contributed by atoms with Crippen LogP contribution in [0.15, 0.2) is 48.5 Å². The van der Waals surface area contributed by atoms with Gasteiger partial charge in [-0.2, -0.15) is 20.2 Å². The summed E-state index contributed by atoms with van der Waals surface area (Å²) >= 11 is 0. The maximum atomic E-state index is 13.8. The number of rotatable bonds is 4. The number of nitrogens with zero attached hydrogens (tertiary/aromatic N) is 4. The van der Waals surface area contributed by atoms with E-state index in [1.54, 1.807) is 12.1 Å². The number of benzene rings is 2. The molecule has 0 unspecified atom stereocenters. The third-order valence-electron chi connectivity index (χ3n) is 3.31. The number of aromatic nitrogens is 3. The Labute approximate surface area is 147 Å². The van der Waals surface area contributed by atoms with Crippen molar-refractivity contribution < 1.29 is 8.78 Å². The summed E-state index contributed by atoms with van der Waals surface area (Å²) < 4.78 is 26.8. The maximum absolute atomic E-state index is 13.8. The lowest BCUT2D eigenvalue weighted by Gasteiger charge is -2.07. The molecule has 0 atom stereocenters. The van der Waals surface area contributed by atoms with E-state index >= 15 is 0 Å². The van der Waals surface area contributed by atoms with Gasteiger partial charge in [0.15, 0.2) is 5.82 Å². The highest BCUT2D eigenvalue weighted by Crippen LogP contribution is 2.20. The van der Waals surface area contributed by atoms with Crippen LogP contribution < -0.4 is 11.1 Å². The van der Waals surface area contributed by atoms with Gasteiger partial charge in [-0.25, -0.2) is 8.78 Å². The van der Waals surface area contributed by atoms with Gasteiger partial charge in [-0.05, 0) is 30.3 Å². The molecule has 0 bridgehead atoms. The molecule has 0 aliphatic carbocycles. The van der Waals surface area contributed by atoms with E-state index in [2.05, 4.69) is 20.3 Å². The molecule has 0 radical (unpaired) electrons. The molecule has 0 fully saturated rings. The molecule has 0 saturated carbocycles. The van der Waals surface area contributed by atoms with Crippen LogP contribution in [0.4, 0.5) is 26.4 Å². The molecule has 128 valence electrons. The van der Waals surface area contributed by atoms with Crippen molar-refractivity contribution in [3.63, 3.8) is 0 Å². The summed E-state index contributed by atoms with van der Waals surface area (Å²) in [5.41, 5.74) is 6.39. The van der Waals surface area contributed by atoms with Crippen molar-refractivity contribution in [1.82, 2.24) is 15.0 Å². The van der Waals surface area contributed by atoms with Gasteiger partial charge in [0.05, 0.1) is 5.57 Å². The molecular formula is C18H12F2N6. The van der Waals surface area contributed by atoms with Crippen molar-refractivity contribution in [2.75, 3.05) is 11.1 Å². The number of halogens is 2. The van der Waals surface area contributed by atoms with Crippen molar-refractivity contribution in [3.05, 3.63) is 71.6 Å². The van der Waals surface area contributed by atoms with Gasteiger partial charge >= 0.3 is 0 Å². The van der Waals surface area contributed by atoms with E-state index in [1.807, 2.05) is 24.3 Å². The Bertz CT molecular complexity index is 1010. The number of anilines is 3. The van der Waals surface area contributed by atoms with Crippen molar-refractivity contribution >= 4 is 29.2 Å². The number of nitrogen functional groups attached to an aromatic ring is 1. The van der Waals surface area contributed by atoms with Crippen molar-refractivity contribution in [3.8, 4) is 6.07 Å².